The van der Waals surface area contributed by atoms with Crippen LogP contribution < -0.4 is 5.32 Å². The lowest BCUT2D eigenvalue weighted by atomic mass is 10.1. The van der Waals surface area contributed by atoms with Gasteiger partial charge in [-0.3, -0.25) is 9.69 Å². The molecule has 1 aromatic carbocycles. The van der Waals surface area contributed by atoms with Crippen LogP contribution in [-0.2, 0) is 11.3 Å². The minimum atomic E-state index is -0.0518. The molecule has 2 aromatic rings. The summed E-state index contributed by atoms with van der Waals surface area (Å²) in [5, 5.41) is 3.67. The van der Waals surface area contributed by atoms with Gasteiger partial charge in [0, 0.05) is 5.02 Å². The van der Waals surface area contributed by atoms with E-state index in [0.29, 0.717) is 18.1 Å². The summed E-state index contributed by atoms with van der Waals surface area (Å²) in [7, 11) is 1.89. The van der Waals surface area contributed by atoms with Crippen molar-refractivity contribution in [1.29, 1.82) is 0 Å². The molecule has 0 fully saturated rings. The van der Waals surface area contributed by atoms with Gasteiger partial charge in [-0.05, 0) is 50.7 Å². The maximum Gasteiger partial charge on any atom is 0.234 e. The number of rotatable bonds is 6. The molecule has 118 valence electrons. The zero-order chi connectivity index (χ0) is 16.1. The fraction of sp³-hybridized carbons (Fsp3) is 0.353. The SMILES string of the molecule is Cc1ccc(CN(C)CC(=O)N[C@H](C)c2ccc(Cl)cc2)o1. The van der Waals surface area contributed by atoms with E-state index < -0.39 is 0 Å². The lowest BCUT2D eigenvalue weighted by Crippen LogP contribution is -2.36. The molecule has 4 nitrogen and oxygen atoms in total. The van der Waals surface area contributed by atoms with Gasteiger partial charge in [-0.15, -0.1) is 0 Å². The standard InChI is InChI=1S/C17H21ClN2O2/c1-12-4-9-16(22-12)10-20(3)11-17(21)19-13(2)14-5-7-15(18)8-6-14/h4-9,13H,10-11H2,1-3H3,(H,19,21)/t13-/m1/s1. The van der Waals surface area contributed by atoms with Gasteiger partial charge in [-0.25, -0.2) is 0 Å². The average molecular weight is 321 g/mol. The van der Waals surface area contributed by atoms with Crippen LogP contribution in [-0.4, -0.2) is 24.4 Å². The Balaban J connectivity index is 1.82. The smallest absolute Gasteiger partial charge is 0.234 e. The van der Waals surface area contributed by atoms with Gasteiger partial charge < -0.3 is 9.73 Å². The van der Waals surface area contributed by atoms with Gasteiger partial charge in [0.25, 0.3) is 0 Å². The molecule has 22 heavy (non-hydrogen) atoms. The summed E-state index contributed by atoms with van der Waals surface area (Å²) in [4.78, 5) is 14.0. The molecule has 0 bridgehead atoms. The van der Waals surface area contributed by atoms with E-state index in [4.69, 9.17) is 16.0 Å². The number of amides is 1. The summed E-state index contributed by atoms with van der Waals surface area (Å²) in [5.41, 5.74) is 1.03. The fourth-order valence-electron chi connectivity index (χ4n) is 2.26. The zero-order valence-corrected chi connectivity index (χ0v) is 13.9. The molecular weight excluding hydrogens is 300 g/mol. The number of aryl methyl sites for hydroxylation is 1. The fourth-order valence-corrected chi connectivity index (χ4v) is 2.39. The van der Waals surface area contributed by atoms with Crippen LogP contribution in [0.5, 0.6) is 0 Å². The van der Waals surface area contributed by atoms with Crippen molar-refractivity contribution in [3.63, 3.8) is 0 Å². The molecule has 0 saturated heterocycles. The first kappa shape index (κ1) is 16.6. The summed E-state index contributed by atoms with van der Waals surface area (Å²) in [6, 6.07) is 11.3. The molecule has 1 N–H and O–H groups in total. The van der Waals surface area contributed by atoms with Crippen LogP contribution in [0.2, 0.25) is 5.02 Å². The largest absolute Gasteiger partial charge is 0.465 e. The zero-order valence-electron chi connectivity index (χ0n) is 13.1. The maximum absolute atomic E-state index is 12.1. The monoisotopic (exact) mass is 320 g/mol. The summed E-state index contributed by atoms with van der Waals surface area (Å²) in [5.74, 6) is 1.72. The topological polar surface area (TPSA) is 45.5 Å². The predicted octanol–water partition coefficient (Wildman–Crippen LogP) is 3.55. The number of likely N-dealkylation sites (N-methyl/N-ethyl adjacent to an activating group) is 1. The molecule has 1 aromatic heterocycles. The molecule has 5 heteroatoms. The summed E-state index contributed by atoms with van der Waals surface area (Å²) >= 11 is 5.87. The lowest BCUT2D eigenvalue weighted by molar-refractivity contribution is -0.122. The molecular formula is C17H21ClN2O2. The molecule has 1 heterocycles. The molecule has 1 amide bonds. The highest BCUT2D eigenvalue weighted by Crippen LogP contribution is 2.16. The van der Waals surface area contributed by atoms with Crippen LogP contribution in [0.25, 0.3) is 0 Å². The molecule has 0 radical (unpaired) electrons. The van der Waals surface area contributed by atoms with Crippen LogP contribution in [0.15, 0.2) is 40.8 Å². The number of carbonyl (C=O) groups is 1. The van der Waals surface area contributed by atoms with Gasteiger partial charge in [0.15, 0.2) is 0 Å². The summed E-state index contributed by atoms with van der Waals surface area (Å²) in [6.07, 6.45) is 0. The van der Waals surface area contributed by atoms with E-state index >= 15 is 0 Å². The second-order valence-corrected chi connectivity index (χ2v) is 5.96. The molecule has 0 aliphatic carbocycles. The molecule has 1 atom stereocenters. The van der Waals surface area contributed by atoms with Crippen molar-refractivity contribution in [2.75, 3.05) is 13.6 Å². The van der Waals surface area contributed by atoms with Crippen molar-refractivity contribution in [3.05, 3.63) is 58.5 Å². The Bertz CT molecular complexity index is 622. The number of nitrogens with zero attached hydrogens (tertiary/aromatic N) is 1. The number of carbonyl (C=O) groups excluding carboxylic acids is 1. The van der Waals surface area contributed by atoms with E-state index in [0.717, 1.165) is 17.1 Å². The van der Waals surface area contributed by atoms with E-state index in [1.54, 1.807) is 0 Å². The normalized spacial score (nSPS) is 12.4. The highest BCUT2D eigenvalue weighted by molar-refractivity contribution is 6.30. The van der Waals surface area contributed by atoms with Crippen molar-refractivity contribution in [3.8, 4) is 0 Å². The number of hydrogen-bond donors (Lipinski definition) is 1. The van der Waals surface area contributed by atoms with Crippen molar-refractivity contribution >= 4 is 17.5 Å². The van der Waals surface area contributed by atoms with Crippen LogP contribution in [0.1, 0.15) is 30.0 Å². The average Bonchev–Trinajstić information content (AvgIpc) is 2.84. The lowest BCUT2D eigenvalue weighted by Gasteiger charge is -2.18. The quantitative estimate of drug-likeness (QED) is 0.885. The van der Waals surface area contributed by atoms with Gasteiger partial charge in [-0.1, -0.05) is 23.7 Å². The molecule has 0 spiro atoms. The molecule has 0 saturated carbocycles. The van der Waals surface area contributed by atoms with E-state index in [1.165, 1.54) is 0 Å². The van der Waals surface area contributed by atoms with E-state index in [2.05, 4.69) is 5.32 Å². The Kier molecular flexibility index (Phi) is 5.63. The van der Waals surface area contributed by atoms with Crippen LogP contribution in [0, 0.1) is 6.92 Å². The third-order valence-corrected chi connectivity index (χ3v) is 3.63. The first-order valence-corrected chi connectivity index (χ1v) is 7.60. The van der Waals surface area contributed by atoms with E-state index in [-0.39, 0.29) is 11.9 Å². The Morgan fingerprint density at radius 1 is 1.27 bits per heavy atom. The number of nitrogens with one attached hydrogen (secondary N) is 1. The molecule has 2 rings (SSSR count). The van der Waals surface area contributed by atoms with Gasteiger partial charge in [0.05, 0.1) is 19.1 Å². The van der Waals surface area contributed by atoms with E-state index in [9.17, 15) is 4.79 Å². The third-order valence-electron chi connectivity index (χ3n) is 3.38. The number of benzene rings is 1. The maximum atomic E-state index is 12.1. The second kappa shape index (κ2) is 7.47. The van der Waals surface area contributed by atoms with E-state index in [1.807, 2.05) is 62.2 Å². The summed E-state index contributed by atoms with van der Waals surface area (Å²) in [6.45, 7) is 4.79. The summed E-state index contributed by atoms with van der Waals surface area (Å²) < 4.78 is 5.51. The molecule has 0 unspecified atom stereocenters. The van der Waals surface area contributed by atoms with Crippen LogP contribution >= 0.6 is 11.6 Å². The number of hydrogen-bond acceptors (Lipinski definition) is 3. The van der Waals surface area contributed by atoms with Gasteiger partial charge in [0.2, 0.25) is 5.91 Å². The highest BCUT2D eigenvalue weighted by Gasteiger charge is 2.12. The van der Waals surface area contributed by atoms with Crippen molar-refractivity contribution in [2.24, 2.45) is 0 Å². The van der Waals surface area contributed by atoms with Gasteiger partial charge in [-0.2, -0.15) is 0 Å². The molecule has 0 aliphatic rings. The number of furan rings is 1. The van der Waals surface area contributed by atoms with Gasteiger partial charge in [0.1, 0.15) is 11.5 Å². The first-order valence-electron chi connectivity index (χ1n) is 7.22. The number of halogens is 1. The van der Waals surface area contributed by atoms with Crippen molar-refractivity contribution < 1.29 is 9.21 Å². The Hall–Kier alpha value is -1.78. The Morgan fingerprint density at radius 3 is 2.55 bits per heavy atom. The van der Waals surface area contributed by atoms with Crippen LogP contribution in [0.3, 0.4) is 0 Å². The minimum Gasteiger partial charge on any atom is -0.465 e. The second-order valence-electron chi connectivity index (χ2n) is 5.53. The van der Waals surface area contributed by atoms with Crippen molar-refractivity contribution in [1.82, 2.24) is 10.2 Å². The molecule has 0 aliphatic heterocycles. The predicted molar refractivity (Wildman–Crippen MR) is 87.8 cm³/mol. The Morgan fingerprint density at radius 2 is 1.95 bits per heavy atom. The minimum absolute atomic E-state index is 0.0202. The van der Waals surface area contributed by atoms with Crippen molar-refractivity contribution in [2.45, 2.75) is 26.4 Å². The highest BCUT2D eigenvalue weighted by atomic mass is 35.5. The Labute approximate surface area is 136 Å². The first-order chi connectivity index (χ1) is 10.4. The third kappa shape index (κ3) is 4.90. The van der Waals surface area contributed by atoms with Gasteiger partial charge >= 0.3 is 0 Å². The van der Waals surface area contributed by atoms with Crippen LogP contribution in [0.4, 0.5) is 0 Å².